The molecule has 0 atom stereocenters. The predicted octanol–water partition coefficient (Wildman–Crippen LogP) is 0.901. The van der Waals surface area contributed by atoms with E-state index in [1.54, 1.807) is 0 Å². The molecule has 0 aromatic carbocycles. The Hall–Kier alpha value is -0.570. The van der Waals surface area contributed by atoms with E-state index in [0.29, 0.717) is 5.92 Å². The minimum Gasteiger partial charge on any atom is -0.354 e. The third-order valence-electron chi connectivity index (χ3n) is 2.31. The van der Waals surface area contributed by atoms with Crippen LogP contribution in [0.2, 0.25) is 0 Å². The van der Waals surface area contributed by atoms with Gasteiger partial charge in [0.25, 0.3) is 0 Å². The van der Waals surface area contributed by atoms with Crippen LogP contribution < -0.4 is 10.6 Å². The summed E-state index contributed by atoms with van der Waals surface area (Å²) < 4.78 is 0. The highest BCUT2D eigenvalue weighted by Gasteiger charge is 2.30. The van der Waals surface area contributed by atoms with Gasteiger partial charge in [0, 0.05) is 18.0 Å². The average Bonchev–Trinajstić information content (AvgIpc) is 2.82. The standard InChI is InChI=1S/C10H20N2O/c1-4-12-10(2,3)7-11-9(13)8-5-6-8/h8,12H,4-7H2,1-3H3,(H,11,13). The molecule has 0 radical (unpaired) electrons. The first-order chi connectivity index (χ1) is 6.05. The van der Waals surface area contributed by atoms with Gasteiger partial charge in [-0.15, -0.1) is 0 Å². The zero-order chi connectivity index (χ0) is 9.90. The molecule has 1 fully saturated rings. The molecule has 0 heterocycles. The van der Waals surface area contributed by atoms with E-state index < -0.39 is 0 Å². The Balaban J connectivity index is 2.19. The van der Waals surface area contributed by atoms with Gasteiger partial charge in [-0.2, -0.15) is 0 Å². The van der Waals surface area contributed by atoms with Gasteiger partial charge in [-0.1, -0.05) is 6.92 Å². The van der Waals surface area contributed by atoms with Crippen LogP contribution in [0.3, 0.4) is 0 Å². The molecule has 76 valence electrons. The molecule has 0 aromatic rings. The van der Waals surface area contributed by atoms with Crippen LogP contribution in [0.25, 0.3) is 0 Å². The molecule has 1 saturated carbocycles. The van der Waals surface area contributed by atoms with Crippen molar-refractivity contribution in [2.45, 2.75) is 39.2 Å². The predicted molar refractivity (Wildman–Crippen MR) is 53.5 cm³/mol. The molecule has 0 bridgehead atoms. The summed E-state index contributed by atoms with van der Waals surface area (Å²) in [6.07, 6.45) is 2.15. The van der Waals surface area contributed by atoms with Crippen molar-refractivity contribution in [2.75, 3.05) is 13.1 Å². The van der Waals surface area contributed by atoms with E-state index >= 15 is 0 Å². The summed E-state index contributed by atoms with van der Waals surface area (Å²) >= 11 is 0. The van der Waals surface area contributed by atoms with Crippen LogP contribution in [0.15, 0.2) is 0 Å². The van der Waals surface area contributed by atoms with Gasteiger partial charge in [0.2, 0.25) is 5.91 Å². The minimum atomic E-state index is 0.0132. The number of likely N-dealkylation sites (N-methyl/N-ethyl adjacent to an activating group) is 1. The fourth-order valence-electron chi connectivity index (χ4n) is 1.34. The summed E-state index contributed by atoms with van der Waals surface area (Å²) in [6.45, 7) is 7.93. The number of rotatable bonds is 5. The van der Waals surface area contributed by atoms with Gasteiger partial charge < -0.3 is 10.6 Å². The zero-order valence-corrected chi connectivity index (χ0v) is 8.81. The van der Waals surface area contributed by atoms with E-state index in [0.717, 1.165) is 25.9 Å². The number of hydrogen-bond donors (Lipinski definition) is 2. The molecule has 0 unspecified atom stereocenters. The molecular formula is C10H20N2O. The Labute approximate surface area is 80.3 Å². The number of hydrogen-bond acceptors (Lipinski definition) is 2. The van der Waals surface area contributed by atoms with Gasteiger partial charge in [0.1, 0.15) is 0 Å². The lowest BCUT2D eigenvalue weighted by Gasteiger charge is -2.25. The van der Waals surface area contributed by atoms with Crippen molar-refractivity contribution in [3.05, 3.63) is 0 Å². The molecule has 3 nitrogen and oxygen atoms in total. The Morgan fingerprint density at radius 2 is 2.08 bits per heavy atom. The summed E-state index contributed by atoms with van der Waals surface area (Å²) in [5.41, 5.74) is 0.0132. The first-order valence-corrected chi connectivity index (χ1v) is 5.08. The van der Waals surface area contributed by atoms with Crippen LogP contribution in [0.5, 0.6) is 0 Å². The fraction of sp³-hybridized carbons (Fsp3) is 0.900. The maximum Gasteiger partial charge on any atom is 0.223 e. The molecular weight excluding hydrogens is 164 g/mol. The molecule has 1 amide bonds. The third kappa shape index (κ3) is 3.77. The Morgan fingerprint density at radius 3 is 2.54 bits per heavy atom. The van der Waals surface area contributed by atoms with E-state index in [-0.39, 0.29) is 11.4 Å². The molecule has 0 aromatic heterocycles. The monoisotopic (exact) mass is 184 g/mol. The Bertz CT molecular complexity index is 185. The Kier molecular flexibility index (Phi) is 3.31. The van der Waals surface area contributed by atoms with Crippen LogP contribution in [0.1, 0.15) is 33.6 Å². The smallest absolute Gasteiger partial charge is 0.223 e. The molecule has 3 heteroatoms. The minimum absolute atomic E-state index is 0.0132. The van der Waals surface area contributed by atoms with Gasteiger partial charge in [-0.25, -0.2) is 0 Å². The quantitative estimate of drug-likeness (QED) is 0.666. The maximum absolute atomic E-state index is 11.3. The van der Waals surface area contributed by atoms with Crippen molar-refractivity contribution in [3.63, 3.8) is 0 Å². The van der Waals surface area contributed by atoms with Crippen molar-refractivity contribution < 1.29 is 4.79 Å². The average molecular weight is 184 g/mol. The van der Waals surface area contributed by atoms with Gasteiger partial charge in [-0.05, 0) is 33.2 Å². The van der Waals surface area contributed by atoms with E-state index in [9.17, 15) is 4.79 Å². The van der Waals surface area contributed by atoms with Crippen LogP contribution in [-0.2, 0) is 4.79 Å². The van der Waals surface area contributed by atoms with Crippen molar-refractivity contribution in [1.29, 1.82) is 0 Å². The van der Waals surface area contributed by atoms with Crippen molar-refractivity contribution in [2.24, 2.45) is 5.92 Å². The molecule has 2 N–H and O–H groups in total. The largest absolute Gasteiger partial charge is 0.354 e. The highest BCUT2D eigenvalue weighted by molar-refractivity contribution is 5.80. The van der Waals surface area contributed by atoms with Gasteiger partial charge >= 0.3 is 0 Å². The topological polar surface area (TPSA) is 41.1 Å². The summed E-state index contributed by atoms with van der Waals surface area (Å²) in [5, 5.41) is 6.29. The third-order valence-corrected chi connectivity index (χ3v) is 2.31. The second kappa shape index (κ2) is 4.09. The SMILES string of the molecule is CCNC(C)(C)CNC(=O)C1CC1. The molecule has 0 aliphatic heterocycles. The molecule has 1 aliphatic carbocycles. The van der Waals surface area contributed by atoms with Crippen molar-refractivity contribution in [1.82, 2.24) is 10.6 Å². The Morgan fingerprint density at radius 1 is 1.46 bits per heavy atom. The maximum atomic E-state index is 11.3. The highest BCUT2D eigenvalue weighted by Crippen LogP contribution is 2.28. The first kappa shape index (κ1) is 10.5. The molecule has 13 heavy (non-hydrogen) atoms. The van der Waals surface area contributed by atoms with E-state index in [1.165, 1.54) is 0 Å². The first-order valence-electron chi connectivity index (χ1n) is 5.08. The summed E-state index contributed by atoms with van der Waals surface area (Å²) in [7, 11) is 0. The number of carbonyl (C=O) groups excluding carboxylic acids is 1. The second-order valence-electron chi connectivity index (χ2n) is 4.41. The van der Waals surface area contributed by atoms with Crippen molar-refractivity contribution in [3.8, 4) is 0 Å². The van der Waals surface area contributed by atoms with E-state index in [4.69, 9.17) is 0 Å². The molecule has 1 rings (SSSR count). The van der Waals surface area contributed by atoms with Gasteiger partial charge in [-0.3, -0.25) is 4.79 Å². The number of amides is 1. The van der Waals surface area contributed by atoms with Crippen LogP contribution in [0.4, 0.5) is 0 Å². The van der Waals surface area contributed by atoms with Gasteiger partial charge in [0.05, 0.1) is 0 Å². The zero-order valence-electron chi connectivity index (χ0n) is 8.81. The lowest BCUT2D eigenvalue weighted by atomic mass is 10.1. The van der Waals surface area contributed by atoms with E-state index in [2.05, 4.69) is 31.4 Å². The number of carbonyl (C=O) groups is 1. The lowest BCUT2D eigenvalue weighted by molar-refractivity contribution is -0.122. The summed E-state index contributed by atoms with van der Waals surface area (Å²) in [6, 6.07) is 0. The summed E-state index contributed by atoms with van der Waals surface area (Å²) in [5.74, 6) is 0.545. The number of nitrogens with one attached hydrogen (secondary N) is 2. The fourth-order valence-corrected chi connectivity index (χ4v) is 1.34. The summed E-state index contributed by atoms with van der Waals surface area (Å²) in [4.78, 5) is 11.3. The van der Waals surface area contributed by atoms with Crippen LogP contribution in [0, 0.1) is 5.92 Å². The molecule has 1 aliphatic rings. The highest BCUT2D eigenvalue weighted by atomic mass is 16.2. The van der Waals surface area contributed by atoms with Crippen LogP contribution in [-0.4, -0.2) is 24.5 Å². The lowest BCUT2D eigenvalue weighted by Crippen LogP contribution is -2.49. The van der Waals surface area contributed by atoms with Crippen molar-refractivity contribution >= 4 is 5.91 Å². The molecule has 0 saturated heterocycles. The molecule has 0 spiro atoms. The van der Waals surface area contributed by atoms with Crippen LogP contribution >= 0.6 is 0 Å². The second-order valence-corrected chi connectivity index (χ2v) is 4.41. The van der Waals surface area contributed by atoms with E-state index in [1.807, 2.05) is 0 Å². The van der Waals surface area contributed by atoms with Gasteiger partial charge in [0.15, 0.2) is 0 Å². The normalized spacial score (nSPS) is 17.2.